The van der Waals surface area contributed by atoms with E-state index >= 15 is 0 Å². The molecule has 6 nitrogen and oxygen atoms in total. The zero-order chi connectivity index (χ0) is 22.2. The molecule has 0 bridgehead atoms. The number of esters is 1. The average molecular weight is 484 g/mol. The van der Waals surface area contributed by atoms with E-state index in [1.165, 1.54) is 32.1 Å². The molecule has 1 aliphatic carbocycles. The molecule has 0 aromatic heterocycles. The fourth-order valence-corrected chi connectivity index (χ4v) is 4.59. The minimum atomic E-state index is -0.360. The van der Waals surface area contributed by atoms with Gasteiger partial charge in [0.25, 0.3) is 0 Å². The SMILES string of the molecule is CCC1(NCc2cc(C(=O)OCCNC(C)(C)CCO)cc(Br)c2N)CCCCC1. The van der Waals surface area contributed by atoms with Gasteiger partial charge in [-0.15, -0.1) is 0 Å². The predicted molar refractivity (Wildman–Crippen MR) is 126 cm³/mol. The molecule has 0 unspecified atom stereocenters. The van der Waals surface area contributed by atoms with Crippen LogP contribution in [0.15, 0.2) is 16.6 Å². The van der Waals surface area contributed by atoms with E-state index in [-0.39, 0.29) is 30.3 Å². The number of hydrogen-bond donors (Lipinski definition) is 4. The molecule has 0 atom stereocenters. The standard InChI is InChI=1S/C23H38BrN3O3/c1-4-23(8-6-5-7-9-23)27-16-18-14-17(15-19(24)20(18)25)21(29)30-13-11-26-22(2,3)10-12-28/h14-15,26-28H,4-13,16,25H2,1-3H3. The van der Waals surface area contributed by atoms with Gasteiger partial charge in [-0.1, -0.05) is 26.2 Å². The van der Waals surface area contributed by atoms with Gasteiger partial charge in [0.15, 0.2) is 0 Å². The van der Waals surface area contributed by atoms with Crippen molar-refractivity contribution in [3.63, 3.8) is 0 Å². The third kappa shape index (κ3) is 7.22. The number of anilines is 1. The molecule has 0 spiro atoms. The fourth-order valence-electron chi connectivity index (χ4n) is 4.09. The fraction of sp³-hybridized carbons (Fsp3) is 0.696. The first-order valence-electron chi connectivity index (χ1n) is 11.1. The maximum Gasteiger partial charge on any atom is 0.338 e. The highest BCUT2D eigenvalue weighted by molar-refractivity contribution is 9.10. The van der Waals surface area contributed by atoms with Crippen LogP contribution in [-0.2, 0) is 11.3 Å². The second kappa shape index (κ2) is 11.5. The molecule has 0 aliphatic heterocycles. The lowest BCUT2D eigenvalue weighted by Crippen LogP contribution is -2.45. The Morgan fingerprint density at radius 3 is 2.63 bits per heavy atom. The summed E-state index contributed by atoms with van der Waals surface area (Å²) in [7, 11) is 0. The second-order valence-corrected chi connectivity index (χ2v) is 9.85. The van der Waals surface area contributed by atoms with E-state index in [1.807, 2.05) is 19.9 Å². The second-order valence-electron chi connectivity index (χ2n) is 9.00. The predicted octanol–water partition coefficient (Wildman–Crippen LogP) is 4.14. The van der Waals surface area contributed by atoms with Crippen molar-refractivity contribution in [3.8, 4) is 0 Å². The zero-order valence-electron chi connectivity index (χ0n) is 18.7. The van der Waals surface area contributed by atoms with Crippen LogP contribution in [0.4, 0.5) is 5.69 Å². The molecule has 1 aromatic rings. The molecule has 0 radical (unpaired) electrons. The summed E-state index contributed by atoms with van der Waals surface area (Å²) in [5, 5.41) is 16.1. The van der Waals surface area contributed by atoms with Crippen LogP contribution in [-0.4, -0.2) is 41.9 Å². The Balaban J connectivity index is 1.97. The lowest BCUT2D eigenvalue weighted by molar-refractivity contribution is 0.0498. The topological polar surface area (TPSA) is 96.6 Å². The van der Waals surface area contributed by atoms with E-state index in [4.69, 9.17) is 15.6 Å². The number of benzene rings is 1. The molecule has 170 valence electrons. The molecule has 1 aromatic carbocycles. The van der Waals surface area contributed by atoms with Crippen molar-refractivity contribution in [1.29, 1.82) is 0 Å². The summed E-state index contributed by atoms with van der Waals surface area (Å²) in [6.07, 6.45) is 7.93. The highest BCUT2D eigenvalue weighted by atomic mass is 79.9. The number of nitrogen functional groups attached to an aromatic ring is 1. The van der Waals surface area contributed by atoms with Crippen molar-refractivity contribution in [3.05, 3.63) is 27.7 Å². The van der Waals surface area contributed by atoms with Gasteiger partial charge in [0.05, 0.1) is 11.3 Å². The van der Waals surface area contributed by atoms with Crippen molar-refractivity contribution in [2.75, 3.05) is 25.5 Å². The maximum absolute atomic E-state index is 12.6. The van der Waals surface area contributed by atoms with Gasteiger partial charge in [0, 0.05) is 35.2 Å². The van der Waals surface area contributed by atoms with E-state index in [0.29, 0.717) is 35.2 Å². The first kappa shape index (κ1) is 25.1. The quantitative estimate of drug-likeness (QED) is 0.214. The number of nitrogens with one attached hydrogen (secondary N) is 2. The first-order chi connectivity index (χ1) is 14.2. The van der Waals surface area contributed by atoms with Crippen LogP contribution in [0.5, 0.6) is 0 Å². The highest BCUT2D eigenvalue weighted by Crippen LogP contribution is 2.32. The number of carbonyl (C=O) groups excluding carboxylic acids is 1. The highest BCUT2D eigenvalue weighted by Gasteiger charge is 2.29. The minimum absolute atomic E-state index is 0.120. The van der Waals surface area contributed by atoms with Gasteiger partial charge in [-0.3, -0.25) is 0 Å². The summed E-state index contributed by atoms with van der Waals surface area (Å²) < 4.78 is 6.15. The molecule has 1 saturated carbocycles. The summed E-state index contributed by atoms with van der Waals surface area (Å²) in [5.74, 6) is -0.360. The van der Waals surface area contributed by atoms with Gasteiger partial charge in [-0.05, 0) is 73.2 Å². The number of ether oxygens (including phenoxy) is 1. The van der Waals surface area contributed by atoms with Crippen LogP contribution in [0, 0.1) is 0 Å². The Bertz CT molecular complexity index is 703. The molecule has 1 fully saturated rings. The summed E-state index contributed by atoms with van der Waals surface area (Å²) >= 11 is 3.49. The number of halogens is 1. The number of carbonyl (C=O) groups is 1. The van der Waals surface area contributed by atoms with Crippen LogP contribution in [0.2, 0.25) is 0 Å². The van der Waals surface area contributed by atoms with Crippen LogP contribution in [0.25, 0.3) is 0 Å². The monoisotopic (exact) mass is 483 g/mol. The van der Waals surface area contributed by atoms with Crippen LogP contribution in [0.1, 0.15) is 81.6 Å². The van der Waals surface area contributed by atoms with Gasteiger partial charge in [-0.2, -0.15) is 0 Å². The van der Waals surface area contributed by atoms with Gasteiger partial charge in [0.1, 0.15) is 6.61 Å². The number of hydrogen-bond acceptors (Lipinski definition) is 6. The molecule has 7 heteroatoms. The lowest BCUT2D eigenvalue weighted by Gasteiger charge is -2.38. The number of rotatable bonds is 11. The minimum Gasteiger partial charge on any atom is -0.461 e. The van der Waals surface area contributed by atoms with Gasteiger partial charge < -0.3 is 26.2 Å². The van der Waals surface area contributed by atoms with Crippen molar-refractivity contribution < 1.29 is 14.6 Å². The Hall–Kier alpha value is -1.15. The van der Waals surface area contributed by atoms with Crippen LogP contribution < -0.4 is 16.4 Å². The number of aliphatic hydroxyl groups is 1. The van der Waals surface area contributed by atoms with E-state index < -0.39 is 0 Å². The molecule has 0 amide bonds. The normalized spacial score (nSPS) is 16.4. The van der Waals surface area contributed by atoms with Gasteiger partial charge in [0.2, 0.25) is 0 Å². The smallest absolute Gasteiger partial charge is 0.338 e. The molecule has 30 heavy (non-hydrogen) atoms. The van der Waals surface area contributed by atoms with E-state index in [2.05, 4.69) is 33.5 Å². The number of aliphatic hydroxyl groups excluding tert-OH is 1. The summed E-state index contributed by atoms with van der Waals surface area (Å²) in [5.41, 5.74) is 8.32. The average Bonchev–Trinajstić information content (AvgIpc) is 2.72. The summed E-state index contributed by atoms with van der Waals surface area (Å²) in [6, 6.07) is 3.56. The molecule has 5 N–H and O–H groups in total. The summed E-state index contributed by atoms with van der Waals surface area (Å²) in [4.78, 5) is 12.6. The Morgan fingerprint density at radius 1 is 1.30 bits per heavy atom. The molecule has 0 saturated heterocycles. The molecular weight excluding hydrogens is 446 g/mol. The van der Waals surface area contributed by atoms with Crippen molar-refractivity contribution in [1.82, 2.24) is 10.6 Å². The van der Waals surface area contributed by atoms with Crippen LogP contribution >= 0.6 is 15.9 Å². The zero-order valence-corrected chi connectivity index (χ0v) is 20.2. The van der Waals surface area contributed by atoms with Crippen molar-refractivity contribution >= 4 is 27.6 Å². The molecular formula is C23H38BrN3O3. The first-order valence-corrected chi connectivity index (χ1v) is 11.9. The summed E-state index contributed by atoms with van der Waals surface area (Å²) in [6.45, 7) is 7.81. The van der Waals surface area contributed by atoms with Crippen molar-refractivity contribution in [2.45, 2.75) is 83.3 Å². The molecule has 2 rings (SSSR count). The van der Waals surface area contributed by atoms with E-state index in [1.54, 1.807) is 6.07 Å². The van der Waals surface area contributed by atoms with E-state index in [9.17, 15) is 4.79 Å². The third-order valence-electron chi connectivity index (χ3n) is 6.27. The Labute approximate surface area is 189 Å². The van der Waals surface area contributed by atoms with E-state index in [0.717, 1.165) is 12.0 Å². The largest absolute Gasteiger partial charge is 0.461 e. The van der Waals surface area contributed by atoms with Crippen LogP contribution in [0.3, 0.4) is 0 Å². The Kier molecular flexibility index (Phi) is 9.60. The Morgan fingerprint density at radius 2 is 2.00 bits per heavy atom. The molecule has 0 heterocycles. The third-order valence-corrected chi connectivity index (χ3v) is 6.92. The van der Waals surface area contributed by atoms with Gasteiger partial charge >= 0.3 is 5.97 Å². The number of nitrogens with two attached hydrogens (primary N) is 1. The maximum atomic E-state index is 12.6. The van der Waals surface area contributed by atoms with Gasteiger partial charge in [-0.25, -0.2) is 4.79 Å². The van der Waals surface area contributed by atoms with Crippen molar-refractivity contribution in [2.24, 2.45) is 0 Å². The molecule has 1 aliphatic rings. The lowest BCUT2D eigenvalue weighted by atomic mass is 9.79.